The Morgan fingerprint density at radius 2 is 1.69 bits per heavy atom. The number of nitrogens with one attached hydrogen (secondary N) is 1. The second-order valence-electron chi connectivity index (χ2n) is 6.19. The van der Waals surface area contributed by atoms with Crippen molar-refractivity contribution in [3.8, 4) is 0 Å². The molecule has 0 heterocycles. The van der Waals surface area contributed by atoms with Gasteiger partial charge in [-0.15, -0.1) is 0 Å². The van der Waals surface area contributed by atoms with Gasteiger partial charge in [0, 0.05) is 18.0 Å². The van der Waals surface area contributed by atoms with E-state index >= 15 is 0 Å². The Labute approximate surface area is 159 Å². The summed E-state index contributed by atoms with van der Waals surface area (Å²) in [6.45, 7) is 0.348. The molecule has 2 aromatic rings. The van der Waals surface area contributed by atoms with E-state index in [0.717, 1.165) is 5.56 Å². The maximum absolute atomic E-state index is 12.2. The zero-order chi connectivity index (χ0) is 19.2. The molecule has 0 radical (unpaired) electrons. The third-order valence-corrected chi connectivity index (χ3v) is 6.16. The summed E-state index contributed by atoms with van der Waals surface area (Å²) in [6.07, 6.45) is -0.0834. The summed E-state index contributed by atoms with van der Waals surface area (Å²) in [6, 6.07) is 15.5. The van der Waals surface area contributed by atoms with Gasteiger partial charge in [0.05, 0.1) is 16.7 Å². The fourth-order valence-corrected chi connectivity index (χ4v) is 4.11. The van der Waals surface area contributed by atoms with Crippen LogP contribution in [-0.2, 0) is 14.6 Å². The average Bonchev–Trinajstić information content (AvgIpc) is 2.62. The Bertz CT molecular complexity index is 839. The molecule has 0 saturated carbocycles. The van der Waals surface area contributed by atoms with Gasteiger partial charge in [0.2, 0.25) is 5.91 Å². The van der Waals surface area contributed by atoms with Gasteiger partial charge in [-0.3, -0.25) is 4.79 Å². The SMILES string of the molecule is CN(C)C(CNC(=O)CCS(=O)(=O)c1ccccc1)c1ccccc1Cl. The van der Waals surface area contributed by atoms with Crippen LogP contribution in [0.3, 0.4) is 0 Å². The molecule has 0 aliphatic carbocycles. The molecule has 1 atom stereocenters. The Balaban J connectivity index is 1.94. The van der Waals surface area contributed by atoms with Gasteiger partial charge in [-0.05, 0) is 37.9 Å². The molecule has 1 N–H and O–H groups in total. The van der Waals surface area contributed by atoms with E-state index in [2.05, 4.69) is 5.32 Å². The molecule has 0 bridgehead atoms. The fourth-order valence-electron chi connectivity index (χ4n) is 2.59. The summed E-state index contributed by atoms with van der Waals surface area (Å²) in [5.41, 5.74) is 0.913. The molecule has 0 spiro atoms. The monoisotopic (exact) mass is 394 g/mol. The molecule has 2 aromatic carbocycles. The Kier molecular flexibility index (Phi) is 7.20. The first-order valence-corrected chi connectivity index (χ1v) is 10.3. The largest absolute Gasteiger partial charge is 0.354 e. The number of carbonyl (C=O) groups is 1. The van der Waals surface area contributed by atoms with Crippen molar-refractivity contribution in [1.29, 1.82) is 0 Å². The summed E-state index contributed by atoms with van der Waals surface area (Å²) in [7, 11) is 0.344. The van der Waals surface area contributed by atoms with E-state index in [9.17, 15) is 13.2 Å². The van der Waals surface area contributed by atoms with Crippen LogP contribution in [0.4, 0.5) is 0 Å². The van der Waals surface area contributed by atoms with Crippen LogP contribution < -0.4 is 5.32 Å². The van der Waals surface area contributed by atoms with Crippen LogP contribution in [0.25, 0.3) is 0 Å². The number of hydrogen-bond donors (Lipinski definition) is 1. The van der Waals surface area contributed by atoms with Gasteiger partial charge >= 0.3 is 0 Å². The number of benzene rings is 2. The molecule has 140 valence electrons. The molecular weight excluding hydrogens is 372 g/mol. The van der Waals surface area contributed by atoms with Crippen molar-refractivity contribution in [2.45, 2.75) is 17.4 Å². The third kappa shape index (κ3) is 5.56. The lowest BCUT2D eigenvalue weighted by Crippen LogP contribution is -2.35. The summed E-state index contributed by atoms with van der Waals surface area (Å²) < 4.78 is 24.5. The molecule has 0 aromatic heterocycles. The van der Waals surface area contributed by atoms with Crippen LogP contribution >= 0.6 is 11.6 Å². The molecule has 7 heteroatoms. The number of halogens is 1. The van der Waals surface area contributed by atoms with Gasteiger partial charge in [0.1, 0.15) is 0 Å². The van der Waals surface area contributed by atoms with Crippen LogP contribution in [0, 0.1) is 0 Å². The molecule has 1 unspecified atom stereocenters. The lowest BCUT2D eigenvalue weighted by Gasteiger charge is -2.26. The summed E-state index contributed by atoms with van der Waals surface area (Å²) >= 11 is 6.25. The maximum atomic E-state index is 12.2. The average molecular weight is 395 g/mol. The van der Waals surface area contributed by atoms with Crippen molar-refractivity contribution >= 4 is 27.3 Å². The normalized spacial score (nSPS) is 12.8. The van der Waals surface area contributed by atoms with Crippen LogP contribution in [0.1, 0.15) is 18.0 Å². The molecule has 0 fully saturated rings. The molecule has 0 saturated heterocycles. The Hall–Kier alpha value is -1.89. The quantitative estimate of drug-likeness (QED) is 0.747. The highest BCUT2D eigenvalue weighted by Crippen LogP contribution is 2.25. The highest BCUT2D eigenvalue weighted by atomic mass is 35.5. The van der Waals surface area contributed by atoms with Crippen LogP contribution in [-0.4, -0.2) is 45.6 Å². The number of hydrogen-bond acceptors (Lipinski definition) is 4. The molecule has 2 rings (SSSR count). The first kappa shape index (κ1) is 20.4. The van der Waals surface area contributed by atoms with Crippen LogP contribution in [0.15, 0.2) is 59.5 Å². The molecular formula is C19H23ClN2O3S. The fraction of sp³-hybridized carbons (Fsp3) is 0.316. The van der Waals surface area contributed by atoms with E-state index < -0.39 is 9.84 Å². The van der Waals surface area contributed by atoms with E-state index in [0.29, 0.717) is 11.6 Å². The topological polar surface area (TPSA) is 66.5 Å². The van der Waals surface area contributed by atoms with Crippen molar-refractivity contribution in [1.82, 2.24) is 10.2 Å². The predicted molar refractivity (Wildman–Crippen MR) is 104 cm³/mol. The van der Waals surface area contributed by atoms with Gasteiger partial charge in [-0.25, -0.2) is 8.42 Å². The second kappa shape index (κ2) is 9.16. The molecule has 0 aliphatic heterocycles. The van der Waals surface area contributed by atoms with E-state index in [-0.39, 0.29) is 29.0 Å². The zero-order valence-electron chi connectivity index (χ0n) is 14.9. The van der Waals surface area contributed by atoms with Gasteiger partial charge in [0.15, 0.2) is 9.84 Å². The van der Waals surface area contributed by atoms with Crippen molar-refractivity contribution in [2.24, 2.45) is 0 Å². The van der Waals surface area contributed by atoms with Crippen molar-refractivity contribution in [3.05, 3.63) is 65.2 Å². The minimum atomic E-state index is -3.46. The maximum Gasteiger partial charge on any atom is 0.221 e. The predicted octanol–water partition coefficient (Wildman–Crippen LogP) is 2.92. The van der Waals surface area contributed by atoms with E-state index in [1.807, 2.05) is 43.3 Å². The molecule has 0 aliphatic rings. The van der Waals surface area contributed by atoms with E-state index in [4.69, 9.17) is 11.6 Å². The van der Waals surface area contributed by atoms with Gasteiger partial charge in [-0.1, -0.05) is 48.0 Å². The third-order valence-electron chi connectivity index (χ3n) is 4.08. The smallest absolute Gasteiger partial charge is 0.221 e. The highest BCUT2D eigenvalue weighted by molar-refractivity contribution is 7.91. The number of amides is 1. The van der Waals surface area contributed by atoms with Crippen LogP contribution in [0.2, 0.25) is 5.02 Å². The van der Waals surface area contributed by atoms with E-state index in [1.165, 1.54) is 12.1 Å². The highest BCUT2D eigenvalue weighted by Gasteiger charge is 2.19. The van der Waals surface area contributed by atoms with Crippen molar-refractivity contribution < 1.29 is 13.2 Å². The second-order valence-corrected chi connectivity index (χ2v) is 8.70. The Morgan fingerprint density at radius 3 is 2.31 bits per heavy atom. The standard InChI is InChI=1S/C19H23ClN2O3S/c1-22(2)18(16-10-6-7-11-17(16)20)14-21-19(23)12-13-26(24,25)15-8-4-3-5-9-15/h3-11,18H,12-14H2,1-2H3,(H,21,23). The van der Waals surface area contributed by atoms with Crippen molar-refractivity contribution in [2.75, 3.05) is 26.4 Å². The number of rotatable bonds is 8. The minimum absolute atomic E-state index is 0.0834. The minimum Gasteiger partial charge on any atom is -0.354 e. The first-order valence-electron chi connectivity index (χ1n) is 8.26. The molecule has 1 amide bonds. The zero-order valence-corrected chi connectivity index (χ0v) is 16.4. The first-order chi connectivity index (χ1) is 12.3. The number of sulfone groups is 1. The van der Waals surface area contributed by atoms with Gasteiger partial charge in [-0.2, -0.15) is 0 Å². The number of likely N-dealkylation sites (N-methyl/N-ethyl adjacent to an activating group) is 1. The Morgan fingerprint density at radius 1 is 1.08 bits per heavy atom. The van der Waals surface area contributed by atoms with Crippen molar-refractivity contribution in [3.63, 3.8) is 0 Å². The van der Waals surface area contributed by atoms with E-state index in [1.54, 1.807) is 18.2 Å². The number of carbonyl (C=O) groups excluding carboxylic acids is 1. The number of nitrogens with zero attached hydrogens (tertiary/aromatic N) is 1. The molecule has 5 nitrogen and oxygen atoms in total. The summed E-state index contributed by atoms with van der Waals surface area (Å²) in [4.78, 5) is 14.3. The summed E-state index contributed by atoms with van der Waals surface area (Å²) in [5, 5.41) is 3.44. The van der Waals surface area contributed by atoms with Gasteiger partial charge in [0.25, 0.3) is 0 Å². The lowest BCUT2D eigenvalue weighted by molar-refractivity contribution is -0.120. The van der Waals surface area contributed by atoms with Gasteiger partial charge < -0.3 is 10.2 Å². The van der Waals surface area contributed by atoms with Crippen LogP contribution in [0.5, 0.6) is 0 Å². The molecule has 26 heavy (non-hydrogen) atoms. The lowest BCUT2D eigenvalue weighted by atomic mass is 10.1. The summed E-state index contributed by atoms with van der Waals surface area (Å²) in [5.74, 6) is -0.523.